The lowest BCUT2D eigenvalue weighted by atomic mass is 10.0. The number of amides is 5. The number of aryl methyl sites for hydroxylation is 1. The summed E-state index contributed by atoms with van der Waals surface area (Å²) in [6.45, 7) is 7.79. The summed E-state index contributed by atoms with van der Waals surface area (Å²) < 4.78 is 19.6. The number of benzene rings is 2. The van der Waals surface area contributed by atoms with Gasteiger partial charge in [-0.1, -0.05) is 38.1 Å². The van der Waals surface area contributed by atoms with Crippen LogP contribution in [0.1, 0.15) is 67.3 Å². The molecule has 2 aromatic carbocycles. The number of nitrogens with one attached hydrogen (secondary N) is 4. The van der Waals surface area contributed by atoms with Gasteiger partial charge in [-0.25, -0.2) is 0 Å². The third kappa shape index (κ3) is 11.5. The Kier molecular flexibility index (Phi) is 13.4. The summed E-state index contributed by atoms with van der Waals surface area (Å²) >= 11 is 0.895. The molecule has 53 heavy (non-hydrogen) atoms. The fourth-order valence-electron chi connectivity index (χ4n) is 6.19. The van der Waals surface area contributed by atoms with E-state index in [1.165, 1.54) is 4.90 Å². The number of aromatic nitrogens is 2. The zero-order valence-corrected chi connectivity index (χ0v) is 31.7. The zero-order valence-electron chi connectivity index (χ0n) is 30.8. The van der Waals surface area contributed by atoms with Crippen molar-refractivity contribution in [2.75, 3.05) is 26.8 Å². The zero-order chi connectivity index (χ0) is 38.1. The Morgan fingerprint density at radius 2 is 1.72 bits per heavy atom. The Labute approximate surface area is 314 Å². The number of fused-ring (bicyclic) bond motifs is 17. The lowest BCUT2D eigenvalue weighted by molar-refractivity contribution is -0.140. The van der Waals surface area contributed by atoms with Gasteiger partial charge in [0.05, 0.1) is 37.1 Å². The van der Waals surface area contributed by atoms with Gasteiger partial charge in [-0.15, -0.1) is 0 Å². The molecule has 0 spiro atoms. The van der Waals surface area contributed by atoms with Crippen LogP contribution in [-0.2, 0) is 32.0 Å². The smallest absolute Gasteiger partial charge is 0.273 e. The topological polar surface area (TPSA) is 181 Å². The highest BCUT2D eigenvalue weighted by Crippen LogP contribution is 2.30. The van der Waals surface area contributed by atoms with Crippen LogP contribution >= 0.6 is 11.7 Å². The largest absolute Gasteiger partial charge is 0.497 e. The molecule has 4 N–H and O–H groups in total. The van der Waals surface area contributed by atoms with E-state index < -0.39 is 41.8 Å². The molecule has 0 saturated heterocycles. The Morgan fingerprint density at radius 1 is 1.00 bits per heavy atom. The highest BCUT2D eigenvalue weighted by molar-refractivity contribution is 6.99. The fourth-order valence-corrected chi connectivity index (χ4v) is 6.73. The lowest BCUT2D eigenvalue weighted by Crippen LogP contribution is -2.58. The summed E-state index contributed by atoms with van der Waals surface area (Å²) in [4.78, 5) is 70.2. The second-order valence-electron chi connectivity index (χ2n) is 14.3. The van der Waals surface area contributed by atoms with Gasteiger partial charge < -0.3 is 35.6 Å². The maximum Gasteiger partial charge on any atom is 0.273 e. The molecule has 1 aromatic heterocycles. The molecule has 4 atom stereocenters. The Morgan fingerprint density at radius 3 is 2.34 bits per heavy atom. The third-order valence-electron chi connectivity index (χ3n) is 9.21. The fraction of sp³-hybridized carbons (Fsp3) is 0.500. The molecule has 2 bridgehead atoms. The molecule has 3 aliphatic rings. The number of carbonyl (C=O) groups excluding carboxylic acids is 5. The minimum absolute atomic E-state index is 0.0791. The summed E-state index contributed by atoms with van der Waals surface area (Å²) in [5.74, 6) is -0.741. The molecular weight excluding hydrogens is 699 g/mol. The van der Waals surface area contributed by atoms with E-state index >= 15 is 0 Å². The van der Waals surface area contributed by atoms with Crippen molar-refractivity contribution in [3.8, 4) is 11.5 Å². The minimum Gasteiger partial charge on any atom is -0.497 e. The summed E-state index contributed by atoms with van der Waals surface area (Å²) in [6, 6.07) is 10.7. The maximum atomic E-state index is 14.1. The van der Waals surface area contributed by atoms with E-state index in [-0.39, 0.29) is 55.5 Å². The predicted octanol–water partition coefficient (Wildman–Crippen LogP) is 2.59. The lowest BCUT2D eigenvalue weighted by Gasteiger charge is -2.29. The third-order valence-corrected chi connectivity index (χ3v) is 9.83. The van der Waals surface area contributed by atoms with Crippen molar-refractivity contribution in [3.63, 3.8) is 0 Å². The molecule has 5 amide bonds. The number of rotatable bonds is 9. The highest BCUT2D eigenvalue weighted by atomic mass is 32.1. The first kappa shape index (κ1) is 39.2. The Bertz CT molecular complexity index is 1740. The van der Waals surface area contributed by atoms with Crippen molar-refractivity contribution >= 4 is 41.3 Å². The SMILES string of the molecule is COc1ccc(C[C@@H]2NC(=O)[C@@H](NC(=O)c3nsnc3C)Cc3ccc(cc3)OC[C@H](CC(C)C)NC(=O)CN(CC3CC3)C(=O)[C@@H](C)NC2=O)cc1. The van der Waals surface area contributed by atoms with Crippen LogP contribution in [0.25, 0.3) is 0 Å². The normalized spacial score (nSPS) is 22.0. The van der Waals surface area contributed by atoms with Crippen molar-refractivity contribution in [1.82, 2.24) is 34.9 Å². The maximum absolute atomic E-state index is 14.1. The van der Waals surface area contributed by atoms with Crippen molar-refractivity contribution < 1.29 is 33.4 Å². The van der Waals surface area contributed by atoms with Gasteiger partial charge in [0, 0.05) is 19.4 Å². The van der Waals surface area contributed by atoms with Crippen LogP contribution in [0.4, 0.5) is 0 Å². The van der Waals surface area contributed by atoms with Gasteiger partial charge in [0.1, 0.15) is 36.2 Å². The molecule has 0 unspecified atom stereocenters. The van der Waals surface area contributed by atoms with E-state index in [9.17, 15) is 24.0 Å². The Hall–Kier alpha value is -5.05. The van der Waals surface area contributed by atoms with Crippen molar-refractivity contribution in [3.05, 3.63) is 71.0 Å². The second kappa shape index (κ2) is 18.1. The van der Waals surface area contributed by atoms with Crippen LogP contribution in [0.15, 0.2) is 48.5 Å². The second-order valence-corrected chi connectivity index (χ2v) is 14.8. The molecule has 3 heterocycles. The number of carbonyl (C=O) groups is 5. The molecule has 1 saturated carbocycles. The molecule has 2 aliphatic heterocycles. The van der Waals surface area contributed by atoms with Crippen LogP contribution in [0.2, 0.25) is 0 Å². The summed E-state index contributed by atoms with van der Waals surface area (Å²) in [7, 11) is 1.55. The Balaban J connectivity index is 1.47. The first-order chi connectivity index (χ1) is 25.4. The first-order valence-electron chi connectivity index (χ1n) is 18.0. The molecule has 284 valence electrons. The average Bonchev–Trinajstić information content (AvgIpc) is 3.84. The van der Waals surface area contributed by atoms with E-state index in [0.29, 0.717) is 30.2 Å². The monoisotopic (exact) mass is 747 g/mol. The van der Waals surface area contributed by atoms with Crippen LogP contribution in [0.5, 0.6) is 11.5 Å². The number of hydrogen-bond donors (Lipinski definition) is 4. The standard InChI is InChI=1S/C38H49N7O7S/c1-22(2)16-28-21-52-30-14-10-26(11-15-30)18-32(42-37(49)34-23(3)43-53-44-34)36(48)41-31(17-25-8-12-29(51-5)13-9-25)35(47)39-24(4)38(50)45(19-27-6-7-27)20-33(46)40-28/h8-15,22,24,27-28,31-32H,6-7,16-21H2,1-5H3,(H,39,47)(H,40,46)(H,41,48)(H,42,49)/t24-,28+,31+,32+/m1/s1. The average molecular weight is 748 g/mol. The van der Waals surface area contributed by atoms with Crippen LogP contribution < -0.4 is 30.7 Å². The van der Waals surface area contributed by atoms with Crippen molar-refractivity contribution in [1.29, 1.82) is 0 Å². The van der Waals surface area contributed by atoms with Crippen LogP contribution in [0.3, 0.4) is 0 Å². The summed E-state index contributed by atoms with van der Waals surface area (Å²) in [6.07, 6.45) is 2.74. The van der Waals surface area contributed by atoms with E-state index in [1.807, 2.05) is 0 Å². The molecule has 0 radical (unpaired) electrons. The van der Waals surface area contributed by atoms with Gasteiger partial charge in [0.2, 0.25) is 23.6 Å². The first-order valence-corrected chi connectivity index (χ1v) is 18.7. The molecular formula is C38H49N7O7S. The van der Waals surface area contributed by atoms with Gasteiger partial charge in [0.15, 0.2) is 5.69 Å². The minimum atomic E-state index is -1.13. The summed E-state index contributed by atoms with van der Waals surface area (Å²) in [5, 5.41) is 11.5. The molecule has 6 rings (SSSR count). The highest BCUT2D eigenvalue weighted by Gasteiger charge is 2.34. The molecule has 1 aliphatic carbocycles. The van der Waals surface area contributed by atoms with Gasteiger partial charge in [-0.05, 0) is 80.3 Å². The summed E-state index contributed by atoms with van der Waals surface area (Å²) in [5.41, 5.74) is 1.98. The van der Waals surface area contributed by atoms with Crippen molar-refractivity contribution in [2.24, 2.45) is 11.8 Å². The van der Waals surface area contributed by atoms with Crippen molar-refractivity contribution in [2.45, 2.75) is 84.0 Å². The van der Waals surface area contributed by atoms with E-state index in [0.717, 1.165) is 35.7 Å². The van der Waals surface area contributed by atoms with E-state index in [1.54, 1.807) is 69.5 Å². The van der Waals surface area contributed by atoms with Gasteiger partial charge in [-0.2, -0.15) is 8.75 Å². The van der Waals surface area contributed by atoms with E-state index in [2.05, 4.69) is 43.9 Å². The van der Waals surface area contributed by atoms with Crippen LogP contribution in [-0.4, -0.2) is 94.2 Å². The molecule has 1 fully saturated rings. The number of hydrogen-bond acceptors (Lipinski definition) is 10. The molecule has 3 aromatic rings. The van der Waals surface area contributed by atoms with Gasteiger partial charge in [0.25, 0.3) is 5.91 Å². The van der Waals surface area contributed by atoms with Gasteiger partial charge >= 0.3 is 0 Å². The van der Waals surface area contributed by atoms with Crippen LogP contribution in [0, 0.1) is 18.8 Å². The quantitative estimate of drug-likeness (QED) is 0.239. The van der Waals surface area contributed by atoms with Gasteiger partial charge in [-0.3, -0.25) is 24.0 Å². The number of ether oxygens (including phenoxy) is 2. The number of methoxy groups -OCH3 is 1. The number of nitrogens with zero attached hydrogens (tertiary/aromatic N) is 3. The molecule has 15 heteroatoms. The predicted molar refractivity (Wildman–Crippen MR) is 198 cm³/mol. The molecule has 14 nitrogen and oxygen atoms in total. The van der Waals surface area contributed by atoms with E-state index in [4.69, 9.17) is 9.47 Å².